The first kappa shape index (κ1) is 18.7. The second-order valence-electron chi connectivity index (χ2n) is 7.17. The van der Waals surface area contributed by atoms with E-state index in [1.54, 1.807) is 49.6 Å². The zero-order valence-electron chi connectivity index (χ0n) is 16.6. The molecule has 0 aliphatic rings. The fourth-order valence-corrected chi connectivity index (χ4v) is 3.50. The molecule has 0 spiro atoms. The number of esters is 1. The van der Waals surface area contributed by atoms with Crippen molar-refractivity contribution in [1.29, 1.82) is 0 Å². The molecular formula is C24H18N4O3. The SMILES string of the molecule is C[C@@H](OC(=O)c1ccc(-n2cnc3ccccc32)cc1)c1nc2ccccc2c(=O)[nH]1. The van der Waals surface area contributed by atoms with Gasteiger partial charge in [-0.2, -0.15) is 0 Å². The van der Waals surface area contributed by atoms with Crippen molar-refractivity contribution < 1.29 is 9.53 Å². The van der Waals surface area contributed by atoms with Gasteiger partial charge in [-0.3, -0.25) is 9.36 Å². The van der Waals surface area contributed by atoms with Crippen LogP contribution in [0.2, 0.25) is 0 Å². The standard InChI is InChI=1S/C24H18N4O3/c1-15(22-26-19-7-3-2-6-18(19)23(29)27-22)31-24(30)16-10-12-17(13-11-16)28-14-25-20-8-4-5-9-21(20)28/h2-15H,1H3,(H,26,27,29)/t15-/m1/s1. The van der Waals surface area contributed by atoms with Crippen LogP contribution in [0, 0.1) is 0 Å². The molecule has 0 fully saturated rings. The van der Waals surface area contributed by atoms with Crippen LogP contribution < -0.4 is 5.56 Å². The second kappa shape index (κ2) is 7.53. The fourth-order valence-electron chi connectivity index (χ4n) is 3.50. The fraction of sp³-hybridized carbons (Fsp3) is 0.0833. The monoisotopic (exact) mass is 410 g/mol. The number of carbonyl (C=O) groups is 1. The number of imidazole rings is 1. The maximum absolute atomic E-state index is 12.6. The van der Waals surface area contributed by atoms with Gasteiger partial charge in [-0.15, -0.1) is 0 Å². The number of aromatic amines is 1. The highest BCUT2D eigenvalue weighted by molar-refractivity contribution is 5.90. The van der Waals surface area contributed by atoms with Gasteiger partial charge in [0.15, 0.2) is 11.9 Å². The lowest BCUT2D eigenvalue weighted by Crippen LogP contribution is -2.17. The molecule has 0 aliphatic heterocycles. The molecule has 2 heterocycles. The van der Waals surface area contributed by atoms with Crippen molar-refractivity contribution in [2.24, 2.45) is 0 Å². The van der Waals surface area contributed by atoms with Gasteiger partial charge in [-0.1, -0.05) is 24.3 Å². The molecule has 5 aromatic rings. The zero-order valence-corrected chi connectivity index (χ0v) is 16.6. The van der Waals surface area contributed by atoms with E-state index in [9.17, 15) is 9.59 Å². The molecule has 7 heteroatoms. The summed E-state index contributed by atoms with van der Waals surface area (Å²) < 4.78 is 7.49. The Hall–Kier alpha value is -4.26. The minimum Gasteiger partial charge on any atom is -0.451 e. The number of fused-ring (bicyclic) bond motifs is 2. The molecule has 2 aromatic heterocycles. The average Bonchev–Trinajstić information content (AvgIpc) is 3.23. The summed E-state index contributed by atoms with van der Waals surface area (Å²) in [5.41, 5.74) is 3.47. The largest absolute Gasteiger partial charge is 0.451 e. The number of aromatic nitrogens is 4. The summed E-state index contributed by atoms with van der Waals surface area (Å²) in [5.74, 6) is -0.191. The van der Waals surface area contributed by atoms with Crippen molar-refractivity contribution in [1.82, 2.24) is 19.5 Å². The number of rotatable bonds is 4. The first-order valence-corrected chi connectivity index (χ1v) is 9.82. The Balaban J connectivity index is 1.36. The van der Waals surface area contributed by atoms with Crippen molar-refractivity contribution in [2.75, 3.05) is 0 Å². The molecule has 0 unspecified atom stereocenters. The molecule has 7 nitrogen and oxygen atoms in total. The quantitative estimate of drug-likeness (QED) is 0.449. The first-order chi connectivity index (χ1) is 15.1. The highest BCUT2D eigenvalue weighted by Gasteiger charge is 2.17. The first-order valence-electron chi connectivity index (χ1n) is 9.82. The smallest absolute Gasteiger partial charge is 0.338 e. The molecule has 1 atom stereocenters. The van der Waals surface area contributed by atoms with Gasteiger partial charge >= 0.3 is 5.97 Å². The van der Waals surface area contributed by atoms with Gasteiger partial charge in [0.25, 0.3) is 5.56 Å². The Labute approximate surface area is 177 Å². The molecule has 0 bridgehead atoms. The summed E-state index contributed by atoms with van der Waals surface area (Å²) in [6.45, 7) is 1.68. The molecule has 152 valence electrons. The molecule has 31 heavy (non-hydrogen) atoms. The number of ether oxygens (including phenoxy) is 1. The van der Waals surface area contributed by atoms with Crippen molar-refractivity contribution in [3.8, 4) is 5.69 Å². The van der Waals surface area contributed by atoms with Crippen molar-refractivity contribution in [3.05, 3.63) is 101 Å². The molecular weight excluding hydrogens is 392 g/mol. The predicted octanol–water partition coefficient (Wildman–Crippen LogP) is 4.18. The van der Waals surface area contributed by atoms with Crippen LogP contribution in [-0.2, 0) is 4.74 Å². The molecule has 5 rings (SSSR count). The number of H-pyrrole nitrogens is 1. The number of benzene rings is 3. The molecule has 3 aromatic carbocycles. The Morgan fingerprint density at radius 3 is 2.48 bits per heavy atom. The maximum Gasteiger partial charge on any atom is 0.338 e. The van der Waals surface area contributed by atoms with Gasteiger partial charge in [0.05, 0.1) is 27.5 Å². The van der Waals surface area contributed by atoms with Crippen LogP contribution in [0.15, 0.2) is 83.9 Å². The lowest BCUT2D eigenvalue weighted by molar-refractivity contribution is 0.0320. The van der Waals surface area contributed by atoms with E-state index < -0.39 is 12.1 Å². The maximum atomic E-state index is 12.6. The van der Waals surface area contributed by atoms with Gasteiger partial charge in [0.2, 0.25) is 0 Å². The molecule has 0 saturated carbocycles. The number of hydrogen-bond acceptors (Lipinski definition) is 5. The molecule has 0 radical (unpaired) electrons. The Kier molecular flexibility index (Phi) is 4.55. The third kappa shape index (κ3) is 3.46. The summed E-state index contributed by atoms with van der Waals surface area (Å²) in [7, 11) is 0. The van der Waals surface area contributed by atoms with Crippen LogP contribution in [0.3, 0.4) is 0 Å². The molecule has 0 aliphatic carbocycles. The van der Waals surface area contributed by atoms with E-state index in [1.165, 1.54) is 0 Å². The second-order valence-corrected chi connectivity index (χ2v) is 7.17. The van der Waals surface area contributed by atoms with Gasteiger partial charge in [-0.05, 0) is 55.5 Å². The van der Waals surface area contributed by atoms with E-state index in [1.807, 2.05) is 41.0 Å². The predicted molar refractivity (Wildman–Crippen MR) is 117 cm³/mol. The van der Waals surface area contributed by atoms with Crippen molar-refractivity contribution >= 4 is 27.9 Å². The normalized spacial score (nSPS) is 12.2. The lowest BCUT2D eigenvalue weighted by atomic mass is 10.2. The number of carbonyl (C=O) groups excluding carboxylic acids is 1. The van der Waals surface area contributed by atoms with E-state index in [4.69, 9.17) is 4.74 Å². The number of nitrogens with zero attached hydrogens (tertiary/aromatic N) is 3. The number of hydrogen-bond donors (Lipinski definition) is 1. The summed E-state index contributed by atoms with van der Waals surface area (Å²) in [6, 6.07) is 22.0. The Morgan fingerprint density at radius 2 is 1.68 bits per heavy atom. The summed E-state index contributed by atoms with van der Waals surface area (Å²) in [4.78, 5) is 36.4. The topological polar surface area (TPSA) is 89.9 Å². The van der Waals surface area contributed by atoms with Crippen LogP contribution in [0.5, 0.6) is 0 Å². The van der Waals surface area contributed by atoms with Gasteiger partial charge < -0.3 is 9.72 Å². The summed E-state index contributed by atoms with van der Waals surface area (Å²) in [6.07, 6.45) is 1.05. The van der Waals surface area contributed by atoms with Crippen LogP contribution in [0.25, 0.3) is 27.6 Å². The highest BCUT2D eigenvalue weighted by Crippen LogP contribution is 2.20. The molecule has 0 saturated heterocycles. The van der Waals surface area contributed by atoms with Gasteiger partial charge in [0.1, 0.15) is 6.33 Å². The van der Waals surface area contributed by atoms with Crippen molar-refractivity contribution in [2.45, 2.75) is 13.0 Å². The average molecular weight is 410 g/mol. The minimum absolute atomic E-state index is 0.264. The van der Waals surface area contributed by atoms with E-state index in [0.29, 0.717) is 22.3 Å². The van der Waals surface area contributed by atoms with E-state index in [-0.39, 0.29) is 5.56 Å². The molecule has 1 N–H and O–H groups in total. The van der Waals surface area contributed by atoms with Crippen LogP contribution in [-0.4, -0.2) is 25.5 Å². The Bertz CT molecular complexity index is 1470. The van der Waals surface area contributed by atoms with E-state index in [2.05, 4.69) is 15.0 Å². The van der Waals surface area contributed by atoms with Crippen LogP contribution in [0.4, 0.5) is 0 Å². The van der Waals surface area contributed by atoms with Crippen LogP contribution >= 0.6 is 0 Å². The number of nitrogens with one attached hydrogen (secondary N) is 1. The molecule has 0 amide bonds. The minimum atomic E-state index is -0.706. The number of para-hydroxylation sites is 3. The van der Waals surface area contributed by atoms with Gasteiger partial charge in [0, 0.05) is 5.69 Å². The summed E-state index contributed by atoms with van der Waals surface area (Å²) in [5, 5.41) is 0.493. The highest BCUT2D eigenvalue weighted by atomic mass is 16.5. The summed E-state index contributed by atoms with van der Waals surface area (Å²) >= 11 is 0. The van der Waals surface area contributed by atoms with Crippen LogP contribution in [0.1, 0.15) is 29.2 Å². The third-order valence-corrected chi connectivity index (χ3v) is 5.13. The lowest BCUT2D eigenvalue weighted by Gasteiger charge is -2.13. The van der Waals surface area contributed by atoms with E-state index >= 15 is 0 Å². The third-order valence-electron chi connectivity index (χ3n) is 5.13. The van der Waals surface area contributed by atoms with Gasteiger partial charge in [-0.25, -0.2) is 14.8 Å². The Morgan fingerprint density at radius 1 is 0.968 bits per heavy atom. The zero-order chi connectivity index (χ0) is 21.4. The van der Waals surface area contributed by atoms with E-state index in [0.717, 1.165) is 16.7 Å². The van der Waals surface area contributed by atoms with Crippen molar-refractivity contribution in [3.63, 3.8) is 0 Å².